The summed E-state index contributed by atoms with van der Waals surface area (Å²) in [7, 11) is 0. The summed E-state index contributed by atoms with van der Waals surface area (Å²) >= 11 is 0. The number of carbonyl (C=O) groups is 2. The Kier molecular flexibility index (Phi) is 3.68. The van der Waals surface area contributed by atoms with E-state index in [1.54, 1.807) is 17.9 Å². The quantitative estimate of drug-likeness (QED) is 0.885. The Morgan fingerprint density at radius 1 is 1.41 bits per heavy atom. The number of hydrogen-bond donors (Lipinski definition) is 2. The lowest BCUT2D eigenvalue weighted by molar-refractivity contribution is -0.116. The summed E-state index contributed by atoms with van der Waals surface area (Å²) in [5.74, 6) is 0.231. The van der Waals surface area contributed by atoms with Crippen molar-refractivity contribution in [2.24, 2.45) is 5.92 Å². The first-order valence-corrected chi connectivity index (χ1v) is 7.79. The second-order valence-corrected chi connectivity index (χ2v) is 6.57. The minimum atomic E-state index is -0.540. The Labute approximate surface area is 130 Å². The Morgan fingerprint density at radius 2 is 2.14 bits per heavy atom. The van der Waals surface area contributed by atoms with E-state index in [-0.39, 0.29) is 18.4 Å². The summed E-state index contributed by atoms with van der Waals surface area (Å²) in [6, 6.07) is 5.45. The van der Waals surface area contributed by atoms with E-state index in [2.05, 4.69) is 5.32 Å². The van der Waals surface area contributed by atoms with Crippen LogP contribution in [0.5, 0.6) is 0 Å². The molecule has 0 radical (unpaired) electrons. The largest absolute Gasteiger partial charge is 0.394 e. The van der Waals surface area contributed by atoms with Crippen molar-refractivity contribution in [3.05, 3.63) is 29.3 Å². The third-order valence-electron chi connectivity index (χ3n) is 4.82. The Morgan fingerprint density at radius 3 is 2.73 bits per heavy atom. The molecule has 22 heavy (non-hydrogen) atoms. The van der Waals surface area contributed by atoms with Crippen LogP contribution in [0.2, 0.25) is 0 Å². The molecule has 5 nitrogen and oxygen atoms in total. The van der Waals surface area contributed by atoms with Crippen molar-refractivity contribution in [2.45, 2.75) is 38.6 Å². The van der Waals surface area contributed by atoms with Crippen LogP contribution in [-0.4, -0.2) is 35.6 Å². The van der Waals surface area contributed by atoms with Gasteiger partial charge in [-0.15, -0.1) is 0 Å². The fraction of sp³-hybridized carbons (Fsp3) is 0.529. The van der Waals surface area contributed by atoms with Crippen LogP contribution in [0.4, 0.5) is 5.69 Å². The molecule has 3 rings (SSSR count). The Hall–Kier alpha value is -1.88. The first-order chi connectivity index (χ1) is 10.4. The maximum absolute atomic E-state index is 12.5. The molecule has 1 atom stereocenters. The highest BCUT2D eigenvalue weighted by Crippen LogP contribution is 2.39. The number of hydrogen-bond acceptors (Lipinski definition) is 3. The highest BCUT2D eigenvalue weighted by Gasteiger charge is 2.42. The zero-order valence-electron chi connectivity index (χ0n) is 13.1. The Balaban J connectivity index is 1.78. The van der Waals surface area contributed by atoms with E-state index >= 15 is 0 Å². The molecule has 0 spiro atoms. The lowest BCUT2D eigenvalue weighted by Crippen LogP contribution is -2.50. The zero-order valence-corrected chi connectivity index (χ0v) is 13.1. The highest BCUT2D eigenvalue weighted by atomic mass is 16.3. The SMILES string of the molecule is CC(=O)N1CCc2cc(C(=O)NC(C)(CO)C3CC3)ccc21. The predicted molar refractivity (Wildman–Crippen MR) is 83.9 cm³/mol. The molecule has 0 bridgehead atoms. The number of anilines is 1. The van der Waals surface area contributed by atoms with E-state index in [1.807, 2.05) is 19.1 Å². The summed E-state index contributed by atoms with van der Waals surface area (Å²) in [5.41, 5.74) is 1.97. The zero-order chi connectivity index (χ0) is 15.9. The summed E-state index contributed by atoms with van der Waals surface area (Å²) in [6.07, 6.45) is 2.88. The molecule has 2 amide bonds. The van der Waals surface area contributed by atoms with Gasteiger partial charge >= 0.3 is 0 Å². The number of aliphatic hydroxyl groups is 1. The van der Waals surface area contributed by atoms with Crippen molar-refractivity contribution in [2.75, 3.05) is 18.1 Å². The van der Waals surface area contributed by atoms with Crippen LogP contribution in [0.3, 0.4) is 0 Å². The van der Waals surface area contributed by atoms with Gasteiger partial charge in [0.25, 0.3) is 5.91 Å². The highest BCUT2D eigenvalue weighted by molar-refractivity contribution is 5.98. The number of rotatable bonds is 4. The van der Waals surface area contributed by atoms with E-state index in [0.29, 0.717) is 18.0 Å². The van der Waals surface area contributed by atoms with Gasteiger partial charge < -0.3 is 15.3 Å². The molecular formula is C17H22N2O3. The molecule has 1 aromatic carbocycles. The van der Waals surface area contributed by atoms with Gasteiger partial charge in [-0.2, -0.15) is 0 Å². The maximum Gasteiger partial charge on any atom is 0.251 e. The van der Waals surface area contributed by atoms with E-state index in [4.69, 9.17) is 0 Å². The van der Waals surface area contributed by atoms with Gasteiger partial charge in [-0.3, -0.25) is 9.59 Å². The smallest absolute Gasteiger partial charge is 0.251 e. The van der Waals surface area contributed by atoms with Crippen molar-refractivity contribution in [3.8, 4) is 0 Å². The third-order valence-corrected chi connectivity index (χ3v) is 4.82. The number of benzene rings is 1. The maximum atomic E-state index is 12.5. The third kappa shape index (κ3) is 2.61. The van der Waals surface area contributed by atoms with Crippen LogP contribution in [0.25, 0.3) is 0 Å². The van der Waals surface area contributed by atoms with Gasteiger partial charge in [0.2, 0.25) is 5.91 Å². The fourth-order valence-electron chi connectivity index (χ4n) is 3.19. The van der Waals surface area contributed by atoms with E-state index in [1.165, 1.54) is 0 Å². The first-order valence-electron chi connectivity index (χ1n) is 7.79. The molecule has 2 N–H and O–H groups in total. The van der Waals surface area contributed by atoms with Gasteiger partial charge in [0.1, 0.15) is 0 Å². The summed E-state index contributed by atoms with van der Waals surface area (Å²) in [6.45, 7) is 4.07. The number of amides is 2. The molecule has 1 aliphatic heterocycles. The van der Waals surface area contributed by atoms with Crippen LogP contribution in [-0.2, 0) is 11.2 Å². The van der Waals surface area contributed by atoms with Crippen LogP contribution in [0.1, 0.15) is 42.6 Å². The molecule has 0 aromatic heterocycles. The van der Waals surface area contributed by atoms with Crippen molar-refractivity contribution in [1.82, 2.24) is 5.32 Å². The molecule has 1 aliphatic carbocycles. The van der Waals surface area contributed by atoms with Gasteiger partial charge in [-0.1, -0.05) is 0 Å². The standard InChI is InChI=1S/C17H22N2O3/c1-11(21)19-8-7-12-9-13(3-6-15(12)19)16(22)18-17(2,10-20)14-4-5-14/h3,6,9,14,20H,4-5,7-8,10H2,1-2H3,(H,18,22). The van der Waals surface area contributed by atoms with Crippen molar-refractivity contribution in [1.29, 1.82) is 0 Å². The van der Waals surface area contributed by atoms with Crippen LogP contribution < -0.4 is 10.2 Å². The Bertz CT molecular complexity index is 624. The van der Waals surface area contributed by atoms with Crippen LogP contribution in [0, 0.1) is 5.92 Å². The monoisotopic (exact) mass is 302 g/mol. The minimum absolute atomic E-state index is 0.0255. The molecule has 0 saturated heterocycles. The van der Waals surface area contributed by atoms with Crippen LogP contribution in [0.15, 0.2) is 18.2 Å². The molecule has 118 valence electrons. The van der Waals surface area contributed by atoms with Gasteiger partial charge in [-0.25, -0.2) is 0 Å². The molecular weight excluding hydrogens is 280 g/mol. The van der Waals surface area contributed by atoms with Gasteiger partial charge in [-0.05, 0) is 55.9 Å². The van der Waals surface area contributed by atoms with Crippen molar-refractivity contribution >= 4 is 17.5 Å². The molecule has 5 heteroatoms. The summed E-state index contributed by atoms with van der Waals surface area (Å²) in [4.78, 5) is 25.8. The predicted octanol–water partition coefficient (Wildman–Crippen LogP) is 1.49. The summed E-state index contributed by atoms with van der Waals surface area (Å²) in [5, 5.41) is 12.6. The molecule has 1 fully saturated rings. The number of carbonyl (C=O) groups excluding carboxylic acids is 2. The van der Waals surface area contributed by atoms with E-state index < -0.39 is 5.54 Å². The topological polar surface area (TPSA) is 69.6 Å². The lowest BCUT2D eigenvalue weighted by Gasteiger charge is -2.29. The number of nitrogens with one attached hydrogen (secondary N) is 1. The van der Waals surface area contributed by atoms with Gasteiger partial charge in [0.05, 0.1) is 12.1 Å². The van der Waals surface area contributed by atoms with E-state index in [9.17, 15) is 14.7 Å². The van der Waals surface area contributed by atoms with Crippen LogP contribution >= 0.6 is 0 Å². The average Bonchev–Trinajstić information content (AvgIpc) is 3.26. The minimum Gasteiger partial charge on any atom is -0.394 e. The van der Waals surface area contributed by atoms with Crippen molar-refractivity contribution in [3.63, 3.8) is 0 Å². The first kappa shape index (κ1) is 15.0. The van der Waals surface area contributed by atoms with Crippen molar-refractivity contribution < 1.29 is 14.7 Å². The van der Waals surface area contributed by atoms with Gasteiger partial charge in [0, 0.05) is 24.7 Å². The number of aliphatic hydroxyl groups excluding tert-OH is 1. The summed E-state index contributed by atoms with van der Waals surface area (Å²) < 4.78 is 0. The molecule has 2 aliphatic rings. The molecule has 1 aromatic rings. The molecule has 1 unspecified atom stereocenters. The number of fused-ring (bicyclic) bond motifs is 1. The second-order valence-electron chi connectivity index (χ2n) is 6.57. The fourth-order valence-corrected chi connectivity index (χ4v) is 3.19. The lowest BCUT2D eigenvalue weighted by atomic mass is 9.96. The van der Waals surface area contributed by atoms with Gasteiger partial charge in [0.15, 0.2) is 0 Å². The second kappa shape index (κ2) is 5.39. The average molecular weight is 302 g/mol. The molecule has 1 heterocycles. The molecule has 1 saturated carbocycles. The number of nitrogens with zero attached hydrogens (tertiary/aromatic N) is 1. The van der Waals surface area contributed by atoms with E-state index in [0.717, 1.165) is 30.5 Å². The normalized spacial score (nSPS) is 19.5.